The largest absolute Gasteiger partial charge is 0.496 e. The Bertz CT molecular complexity index is 1080. The summed E-state index contributed by atoms with van der Waals surface area (Å²) in [6.07, 6.45) is -5.01. The first-order valence-electron chi connectivity index (χ1n) is 8.01. The highest BCUT2D eigenvalue weighted by molar-refractivity contribution is 7.90. The summed E-state index contributed by atoms with van der Waals surface area (Å²) in [6, 6.07) is 2.16. The van der Waals surface area contributed by atoms with Gasteiger partial charge in [0.1, 0.15) is 17.3 Å². The number of halogens is 3. The number of ether oxygens (including phenoxy) is 3. The van der Waals surface area contributed by atoms with E-state index in [9.17, 15) is 31.2 Å². The van der Waals surface area contributed by atoms with E-state index < -0.39 is 44.5 Å². The number of aromatic nitrogens is 2. The molecule has 168 valence electrons. The van der Waals surface area contributed by atoms with Gasteiger partial charge in [-0.15, -0.1) is 0 Å². The molecule has 15 heteroatoms. The molecule has 11 nitrogen and oxygen atoms in total. The molecule has 0 aliphatic carbocycles. The molecule has 0 aliphatic heterocycles. The number of amides is 2. The third-order valence-corrected chi connectivity index (χ3v) is 4.77. The second-order valence-electron chi connectivity index (χ2n) is 5.53. The lowest BCUT2D eigenvalue weighted by Gasteiger charge is -2.13. The van der Waals surface area contributed by atoms with Gasteiger partial charge in [-0.05, 0) is 12.1 Å². The molecule has 0 fully saturated rings. The van der Waals surface area contributed by atoms with Crippen LogP contribution < -0.4 is 19.5 Å². The third kappa shape index (κ3) is 5.71. The van der Waals surface area contributed by atoms with Crippen molar-refractivity contribution in [3.05, 3.63) is 35.5 Å². The number of pyridine rings is 2. The van der Waals surface area contributed by atoms with Crippen LogP contribution >= 0.6 is 0 Å². The summed E-state index contributed by atoms with van der Waals surface area (Å²) in [5, 5.41) is 0.712. The summed E-state index contributed by atoms with van der Waals surface area (Å²) >= 11 is 0. The minimum Gasteiger partial charge on any atom is -0.496 e. The zero-order chi connectivity index (χ0) is 23.4. The Hall–Kier alpha value is -3.62. The van der Waals surface area contributed by atoms with Crippen LogP contribution in [0.1, 0.15) is 16.1 Å². The number of carbonyl (C=O) groups excluding carboxylic acids is 2. The average molecular weight is 464 g/mol. The van der Waals surface area contributed by atoms with Gasteiger partial charge >= 0.3 is 18.2 Å². The maximum atomic E-state index is 13.0. The number of nitrogens with zero attached hydrogens (tertiary/aromatic N) is 2. The van der Waals surface area contributed by atoms with Crippen molar-refractivity contribution in [2.45, 2.75) is 11.2 Å². The molecule has 2 aromatic heterocycles. The van der Waals surface area contributed by atoms with Gasteiger partial charge < -0.3 is 14.2 Å². The van der Waals surface area contributed by atoms with E-state index in [0.29, 0.717) is 12.1 Å². The lowest BCUT2D eigenvalue weighted by molar-refractivity contribution is -0.141. The van der Waals surface area contributed by atoms with E-state index in [1.165, 1.54) is 31.1 Å². The summed E-state index contributed by atoms with van der Waals surface area (Å²) in [4.78, 5) is 30.8. The maximum Gasteiger partial charge on any atom is 0.433 e. The van der Waals surface area contributed by atoms with Crippen LogP contribution in [0, 0.1) is 0 Å². The normalized spacial score (nSPS) is 11.4. The van der Waals surface area contributed by atoms with Crippen molar-refractivity contribution in [2.75, 3.05) is 26.6 Å². The van der Waals surface area contributed by atoms with Crippen molar-refractivity contribution < 1.29 is 45.4 Å². The topological polar surface area (TPSA) is 146 Å². The van der Waals surface area contributed by atoms with Crippen LogP contribution in [-0.2, 0) is 20.9 Å². The molecule has 2 rings (SSSR count). The predicted molar refractivity (Wildman–Crippen MR) is 97.3 cm³/mol. The van der Waals surface area contributed by atoms with Gasteiger partial charge in [0, 0.05) is 12.1 Å². The summed E-state index contributed by atoms with van der Waals surface area (Å²) in [5.41, 5.74) is -2.41. The number of hydrogen-bond acceptors (Lipinski definition) is 9. The standard InChI is InChI=1S/C16H15F3N4O7S/c1-28-8-6-11(21-12(7-8)29-2)22-15(25)23-31(26,27)13-9(14(24)30-3)4-5-10(20-13)16(17,18)19/h4-7H,1-3H3,(H2,21,22,23,25). The zero-order valence-electron chi connectivity index (χ0n) is 16.1. The molecule has 0 saturated carbocycles. The summed E-state index contributed by atoms with van der Waals surface area (Å²) in [5.74, 6) is -1.25. The number of rotatable bonds is 6. The van der Waals surface area contributed by atoms with E-state index in [2.05, 4.69) is 20.0 Å². The molecule has 0 spiro atoms. The Labute approximate surface area is 173 Å². The van der Waals surface area contributed by atoms with Gasteiger partial charge in [-0.3, -0.25) is 5.32 Å². The lowest BCUT2D eigenvalue weighted by Crippen LogP contribution is -2.36. The van der Waals surface area contributed by atoms with Crippen molar-refractivity contribution in [1.29, 1.82) is 0 Å². The fraction of sp³-hybridized carbons (Fsp3) is 0.250. The van der Waals surface area contributed by atoms with E-state index >= 15 is 0 Å². The van der Waals surface area contributed by atoms with Crippen LogP contribution in [-0.4, -0.2) is 51.7 Å². The first kappa shape index (κ1) is 23.7. The van der Waals surface area contributed by atoms with E-state index in [-0.39, 0.29) is 17.4 Å². The van der Waals surface area contributed by atoms with Crippen molar-refractivity contribution in [3.63, 3.8) is 0 Å². The quantitative estimate of drug-likeness (QED) is 0.611. The van der Waals surface area contributed by atoms with Gasteiger partial charge in [0.2, 0.25) is 5.88 Å². The highest BCUT2D eigenvalue weighted by Crippen LogP contribution is 2.29. The van der Waals surface area contributed by atoms with Crippen LogP contribution in [0.2, 0.25) is 0 Å². The van der Waals surface area contributed by atoms with Gasteiger partial charge in [-0.25, -0.2) is 19.3 Å². The Balaban J connectivity index is 2.39. The van der Waals surface area contributed by atoms with Crippen molar-refractivity contribution in [3.8, 4) is 11.6 Å². The zero-order valence-corrected chi connectivity index (χ0v) is 16.9. The summed E-state index contributed by atoms with van der Waals surface area (Å²) < 4.78 is 79.6. The van der Waals surface area contributed by atoms with Crippen LogP contribution in [0.4, 0.5) is 23.8 Å². The smallest absolute Gasteiger partial charge is 0.433 e. The number of anilines is 1. The minimum absolute atomic E-state index is 0.0185. The summed E-state index contributed by atoms with van der Waals surface area (Å²) in [7, 11) is -1.56. The van der Waals surface area contributed by atoms with E-state index in [4.69, 9.17) is 9.47 Å². The molecule has 0 saturated heterocycles. The molecule has 2 N–H and O–H groups in total. The number of esters is 1. The second-order valence-corrected chi connectivity index (χ2v) is 7.13. The Morgan fingerprint density at radius 1 is 1.03 bits per heavy atom. The molecule has 2 heterocycles. The van der Waals surface area contributed by atoms with Gasteiger partial charge in [-0.1, -0.05) is 0 Å². The molecule has 2 aromatic rings. The highest BCUT2D eigenvalue weighted by atomic mass is 32.2. The first-order chi connectivity index (χ1) is 14.4. The van der Waals surface area contributed by atoms with Crippen molar-refractivity contribution in [1.82, 2.24) is 14.7 Å². The highest BCUT2D eigenvalue weighted by Gasteiger charge is 2.36. The van der Waals surface area contributed by atoms with Gasteiger partial charge in [0.05, 0.1) is 26.9 Å². The Morgan fingerprint density at radius 2 is 1.71 bits per heavy atom. The fourth-order valence-corrected chi connectivity index (χ4v) is 3.20. The van der Waals surface area contributed by atoms with Crippen molar-refractivity contribution >= 4 is 27.8 Å². The molecule has 0 unspecified atom stereocenters. The molecule has 0 bridgehead atoms. The molecule has 0 atom stereocenters. The molecule has 0 aromatic carbocycles. The van der Waals surface area contributed by atoms with E-state index in [0.717, 1.165) is 7.11 Å². The maximum absolute atomic E-state index is 13.0. The number of nitrogens with one attached hydrogen (secondary N) is 2. The number of alkyl halides is 3. The Kier molecular flexibility index (Phi) is 6.89. The molecular weight excluding hydrogens is 449 g/mol. The van der Waals surface area contributed by atoms with Crippen molar-refractivity contribution in [2.24, 2.45) is 0 Å². The predicted octanol–water partition coefficient (Wildman–Crippen LogP) is 1.81. The van der Waals surface area contributed by atoms with Crippen LogP contribution in [0.15, 0.2) is 29.3 Å². The van der Waals surface area contributed by atoms with E-state index in [1.54, 1.807) is 0 Å². The van der Waals surface area contributed by atoms with Crippen LogP contribution in [0.3, 0.4) is 0 Å². The number of sulfonamides is 1. The molecule has 0 radical (unpaired) electrons. The third-order valence-electron chi connectivity index (χ3n) is 3.50. The first-order valence-corrected chi connectivity index (χ1v) is 9.50. The number of methoxy groups -OCH3 is 3. The number of carbonyl (C=O) groups is 2. The number of urea groups is 1. The van der Waals surface area contributed by atoms with Gasteiger partial charge in [-0.2, -0.15) is 26.6 Å². The molecule has 0 aliphatic rings. The second kappa shape index (κ2) is 9.03. The SMILES string of the molecule is COC(=O)c1ccc(C(F)(F)F)nc1S(=O)(=O)NC(=O)Nc1cc(OC)cc(OC)n1. The van der Waals surface area contributed by atoms with Crippen LogP contribution in [0.25, 0.3) is 0 Å². The molecule has 31 heavy (non-hydrogen) atoms. The van der Waals surface area contributed by atoms with Gasteiger partial charge in [0.25, 0.3) is 10.0 Å². The van der Waals surface area contributed by atoms with E-state index in [1.807, 2.05) is 0 Å². The lowest BCUT2D eigenvalue weighted by atomic mass is 10.2. The molecule has 2 amide bonds. The van der Waals surface area contributed by atoms with Crippen LogP contribution in [0.5, 0.6) is 11.6 Å². The number of hydrogen-bond donors (Lipinski definition) is 2. The Morgan fingerprint density at radius 3 is 2.26 bits per heavy atom. The fourth-order valence-electron chi connectivity index (χ4n) is 2.15. The summed E-state index contributed by atoms with van der Waals surface area (Å²) in [6.45, 7) is 0. The average Bonchev–Trinajstić information content (AvgIpc) is 2.71. The van der Waals surface area contributed by atoms with Gasteiger partial charge in [0.15, 0.2) is 5.03 Å². The molecular formula is C16H15F3N4O7S. The monoisotopic (exact) mass is 464 g/mol. The minimum atomic E-state index is -5.04.